The lowest BCUT2D eigenvalue weighted by Crippen LogP contribution is -2.45. The molecule has 96 valence electrons. The maximum absolute atomic E-state index is 11.7. The maximum Gasteiger partial charge on any atom is 0.326 e. The largest absolute Gasteiger partial charge is 0.480 e. The number of aliphatic carboxylic acids is 1. The zero-order chi connectivity index (χ0) is 13.0. The van der Waals surface area contributed by atoms with E-state index in [1.54, 1.807) is 0 Å². The van der Waals surface area contributed by atoms with Crippen LogP contribution in [-0.2, 0) is 19.1 Å². The van der Waals surface area contributed by atoms with Crippen molar-refractivity contribution in [1.82, 2.24) is 5.32 Å². The molecule has 2 amide bonds. The Bertz CT molecular complexity index is 331. The Kier molecular flexibility index (Phi) is 4.45. The highest BCUT2D eigenvalue weighted by molar-refractivity contribution is 5.89. The van der Waals surface area contributed by atoms with E-state index in [2.05, 4.69) is 5.32 Å². The number of amides is 2. The van der Waals surface area contributed by atoms with Gasteiger partial charge in [-0.1, -0.05) is 0 Å². The maximum atomic E-state index is 11.7. The van der Waals surface area contributed by atoms with Gasteiger partial charge in [-0.05, 0) is 13.3 Å². The minimum absolute atomic E-state index is 0.00910. The molecule has 7 nitrogen and oxygen atoms in total. The number of carboxylic acids is 1. The van der Waals surface area contributed by atoms with E-state index < -0.39 is 30.2 Å². The van der Waals surface area contributed by atoms with Crippen LogP contribution in [0.15, 0.2) is 0 Å². The first-order chi connectivity index (χ1) is 7.90. The van der Waals surface area contributed by atoms with E-state index in [0.29, 0.717) is 6.42 Å². The van der Waals surface area contributed by atoms with Crippen LogP contribution in [0.4, 0.5) is 0 Å². The molecule has 1 aliphatic rings. The molecule has 0 aromatic rings. The van der Waals surface area contributed by atoms with Crippen molar-refractivity contribution < 1.29 is 24.2 Å². The lowest BCUT2D eigenvalue weighted by atomic mass is 10.0. The van der Waals surface area contributed by atoms with Crippen LogP contribution in [0, 0.1) is 5.92 Å². The third kappa shape index (κ3) is 4.03. The summed E-state index contributed by atoms with van der Waals surface area (Å²) in [6.07, 6.45) is 0.129. The number of rotatable bonds is 5. The normalized spacial score (nSPS) is 25.2. The van der Waals surface area contributed by atoms with Crippen LogP contribution in [-0.4, -0.2) is 41.6 Å². The van der Waals surface area contributed by atoms with Crippen molar-refractivity contribution in [2.75, 3.05) is 6.61 Å². The van der Waals surface area contributed by atoms with Crippen molar-refractivity contribution in [2.24, 2.45) is 11.7 Å². The summed E-state index contributed by atoms with van der Waals surface area (Å²) >= 11 is 0. The van der Waals surface area contributed by atoms with Crippen molar-refractivity contribution in [1.29, 1.82) is 0 Å². The molecule has 0 aromatic carbocycles. The number of primary amides is 1. The van der Waals surface area contributed by atoms with Gasteiger partial charge in [0.25, 0.3) is 0 Å². The van der Waals surface area contributed by atoms with Gasteiger partial charge in [0.05, 0.1) is 25.0 Å². The Morgan fingerprint density at radius 2 is 2.18 bits per heavy atom. The van der Waals surface area contributed by atoms with Gasteiger partial charge in [0.1, 0.15) is 6.04 Å². The summed E-state index contributed by atoms with van der Waals surface area (Å²) in [7, 11) is 0. The quantitative estimate of drug-likeness (QED) is 0.564. The highest BCUT2D eigenvalue weighted by Crippen LogP contribution is 2.19. The molecular formula is C10H16N2O5. The first-order valence-electron chi connectivity index (χ1n) is 5.33. The summed E-state index contributed by atoms with van der Waals surface area (Å²) in [6, 6.07) is -1.27. The van der Waals surface area contributed by atoms with Gasteiger partial charge in [0.15, 0.2) is 0 Å². The number of carbonyl (C=O) groups is 3. The monoisotopic (exact) mass is 244 g/mol. The Hall–Kier alpha value is -1.63. The average Bonchev–Trinajstić information content (AvgIpc) is 2.63. The number of carboxylic acid groups (broad SMARTS) is 1. The second kappa shape index (κ2) is 5.62. The summed E-state index contributed by atoms with van der Waals surface area (Å²) in [4.78, 5) is 33.1. The topological polar surface area (TPSA) is 119 Å². The summed E-state index contributed by atoms with van der Waals surface area (Å²) in [5.74, 6) is -2.82. The molecule has 0 aliphatic carbocycles. The average molecular weight is 244 g/mol. The fraction of sp³-hybridized carbons (Fsp3) is 0.700. The van der Waals surface area contributed by atoms with E-state index in [9.17, 15) is 14.4 Å². The zero-order valence-corrected chi connectivity index (χ0v) is 9.51. The van der Waals surface area contributed by atoms with Crippen molar-refractivity contribution in [3.8, 4) is 0 Å². The van der Waals surface area contributed by atoms with Crippen LogP contribution in [0.2, 0.25) is 0 Å². The van der Waals surface area contributed by atoms with E-state index in [4.69, 9.17) is 15.6 Å². The van der Waals surface area contributed by atoms with Gasteiger partial charge in [-0.15, -0.1) is 0 Å². The van der Waals surface area contributed by atoms with Gasteiger partial charge in [0.2, 0.25) is 11.8 Å². The number of nitrogens with one attached hydrogen (secondary N) is 1. The van der Waals surface area contributed by atoms with E-state index in [1.165, 1.54) is 0 Å². The molecule has 1 heterocycles. The summed E-state index contributed by atoms with van der Waals surface area (Å²) < 4.78 is 5.21. The summed E-state index contributed by atoms with van der Waals surface area (Å²) in [6.45, 7) is 2.11. The number of carbonyl (C=O) groups excluding carboxylic acids is 2. The molecule has 17 heavy (non-hydrogen) atoms. The molecule has 3 atom stereocenters. The van der Waals surface area contributed by atoms with Crippen LogP contribution in [0.5, 0.6) is 0 Å². The van der Waals surface area contributed by atoms with Crippen LogP contribution in [0.25, 0.3) is 0 Å². The molecular weight excluding hydrogens is 228 g/mol. The standard InChI is InChI=1S/C10H16N2O5/c1-5-2-6(4-17-5)9(14)12-7(10(15)16)3-8(11)13/h5-7H,2-4H2,1H3,(H2,11,13)(H,12,14)(H,15,16)/t5?,6?,7-/m0/s1. The molecule has 0 aromatic heterocycles. The van der Waals surface area contributed by atoms with Gasteiger partial charge in [-0.2, -0.15) is 0 Å². The molecule has 1 aliphatic heterocycles. The minimum atomic E-state index is -1.27. The Morgan fingerprint density at radius 1 is 1.53 bits per heavy atom. The summed E-state index contributed by atoms with van der Waals surface area (Å²) in [5.41, 5.74) is 4.90. The van der Waals surface area contributed by atoms with Gasteiger partial charge < -0.3 is 20.9 Å². The smallest absolute Gasteiger partial charge is 0.326 e. The minimum Gasteiger partial charge on any atom is -0.480 e. The molecule has 1 rings (SSSR count). The first kappa shape index (κ1) is 13.4. The van der Waals surface area contributed by atoms with Gasteiger partial charge in [-0.25, -0.2) is 4.79 Å². The molecule has 2 unspecified atom stereocenters. The molecule has 0 radical (unpaired) electrons. The Labute approximate surface area is 98.3 Å². The Balaban J connectivity index is 2.52. The number of ether oxygens (including phenoxy) is 1. The molecule has 7 heteroatoms. The molecule has 1 fully saturated rings. The molecule has 0 saturated carbocycles. The molecule has 0 spiro atoms. The van der Waals surface area contributed by atoms with E-state index >= 15 is 0 Å². The van der Waals surface area contributed by atoms with Gasteiger partial charge in [0, 0.05) is 0 Å². The van der Waals surface area contributed by atoms with Crippen LogP contribution in [0.1, 0.15) is 19.8 Å². The highest BCUT2D eigenvalue weighted by atomic mass is 16.5. The predicted molar refractivity (Wildman–Crippen MR) is 56.9 cm³/mol. The highest BCUT2D eigenvalue weighted by Gasteiger charge is 2.31. The van der Waals surface area contributed by atoms with Gasteiger partial charge in [-0.3, -0.25) is 9.59 Å². The number of nitrogens with two attached hydrogens (primary N) is 1. The van der Waals surface area contributed by atoms with Crippen LogP contribution < -0.4 is 11.1 Å². The fourth-order valence-corrected chi connectivity index (χ4v) is 1.69. The first-order valence-corrected chi connectivity index (χ1v) is 5.33. The number of hydrogen-bond acceptors (Lipinski definition) is 4. The van der Waals surface area contributed by atoms with E-state index in [1.807, 2.05) is 6.92 Å². The summed E-state index contributed by atoms with van der Waals surface area (Å²) in [5, 5.41) is 11.1. The lowest BCUT2D eigenvalue weighted by molar-refractivity contribution is -0.143. The van der Waals surface area contributed by atoms with E-state index in [-0.39, 0.29) is 18.6 Å². The van der Waals surface area contributed by atoms with E-state index in [0.717, 1.165) is 0 Å². The van der Waals surface area contributed by atoms with Crippen molar-refractivity contribution in [3.63, 3.8) is 0 Å². The van der Waals surface area contributed by atoms with Gasteiger partial charge >= 0.3 is 5.97 Å². The van der Waals surface area contributed by atoms with Crippen LogP contribution in [0.3, 0.4) is 0 Å². The zero-order valence-electron chi connectivity index (χ0n) is 9.51. The third-order valence-electron chi connectivity index (χ3n) is 2.59. The second-order valence-corrected chi connectivity index (χ2v) is 4.15. The Morgan fingerprint density at radius 3 is 2.59 bits per heavy atom. The molecule has 1 saturated heterocycles. The SMILES string of the molecule is CC1CC(C(=O)N[C@@H](CC(N)=O)C(=O)O)CO1. The second-order valence-electron chi connectivity index (χ2n) is 4.15. The van der Waals surface area contributed by atoms with Crippen molar-refractivity contribution in [3.05, 3.63) is 0 Å². The number of hydrogen-bond donors (Lipinski definition) is 3. The van der Waals surface area contributed by atoms with Crippen molar-refractivity contribution in [2.45, 2.75) is 31.9 Å². The van der Waals surface area contributed by atoms with Crippen LogP contribution >= 0.6 is 0 Å². The molecule has 4 N–H and O–H groups in total. The predicted octanol–water partition coefficient (Wildman–Crippen LogP) is -1.14. The fourth-order valence-electron chi connectivity index (χ4n) is 1.69. The lowest BCUT2D eigenvalue weighted by Gasteiger charge is -2.15. The molecule has 0 bridgehead atoms. The third-order valence-corrected chi connectivity index (χ3v) is 2.59. The van der Waals surface area contributed by atoms with Crippen molar-refractivity contribution >= 4 is 17.8 Å².